The first-order valence-electron chi connectivity index (χ1n) is 6.01. The van der Waals surface area contributed by atoms with E-state index in [2.05, 4.69) is 5.32 Å². The smallest absolute Gasteiger partial charge is 0.416 e. The number of hydrogen-bond acceptors (Lipinski definition) is 3. The van der Waals surface area contributed by atoms with Crippen molar-refractivity contribution in [3.05, 3.63) is 34.9 Å². The normalized spacial score (nSPS) is 18.8. The lowest BCUT2D eigenvalue weighted by Crippen LogP contribution is -2.35. The molecule has 1 aliphatic heterocycles. The number of halogens is 3. The predicted molar refractivity (Wildman–Crippen MR) is 62.5 cm³/mol. The van der Waals surface area contributed by atoms with Crippen molar-refractivity contribution in [1.82, 2.24) is 5.32 Å². The molecule has 1 aromatic carbocycles. The number of esters is 1. The largest absolute Gasteiger partial charge is 0.465 e. The molecule has 0 aromatic heterocycles. The van der Waals surface area contributed by atoms with E-state index in [0.29, 0.717) is 12.1 Å². The van der Waals surface area contributed by atoms with Crippen LogP contribution in [0.2, 0.25) is 0 Å². The summed E-state index contributed by atoms with van der Waals surface area (Å²) in [7, 11) is 0. The summed E-state index contributed by atoms with van der Waals surface area (Å²) in [6.45, 7) is 2.29. The van der Waals surface area contributed by atoms with Gasteiger partial charge in [-0.25, -0.2) is 0 Å². The van der Waals surface area contributed by atoms with Crippen LogP contribution < -0.4 is 5.32 Å². The number of alkyl halides is 3. The minimum atomic E-state index is -4.41. The second kappa shape index (κ2) is 5.21. The number of carbonyl (C=O) groups is 1. The van der Waals surface area contributed by atoms with Crippen molar-refractivity contribution >= 4 is 5.97 Å². The Morgan fingerprint density at radius 3 is 2.84 bits per heavy atom. The molecule has 0 saturated heterocycles. The van der Waals surface area contributed by atoms with Crippen molar-refractivity contribution < 1.29 is 22.7 Å². The summed E-state index contributed by atoms with van der Waals surface area (Å²) >= 11 is 0. The van der Waals surface area contributed by atoms with Crippen molar-refractivity contribution in [2.75, 3.05) is 13.2 Å². The van der Waals surface area contributed by atoms with Gasteiger partial charge in [0.05, 0.1) is 18.1 Å². The van der Waals surface area contributed by atoms with Gasteiger partial charge in [0.25, 0.3) is 0 Å². The molecule has 1 N–H and O–H groups in total. The van der Waals surface area contributed by atoms with Crippen LogP contribution in [0.4, 0.5) is 13.2 Å². The lowest BCUT2D eigenvalue weighted by atomic mass is 9.88. The molecule has 6 heteroatoms. The SMILES string of the molecule is CCOC(=O)C1CNCc2c1cccc2C(F)(F)F. The standard InChI is InChI=1S/C13H14F3NO2/c1-2-19-12(18)10-7-17-6-9-8(10)4-3-5-11(9)13(14,15)16/h3-5,10,17H,2,6-7H2,1H3. The van der Waals surface area contributed by atoms with E-state index in [9.17, 15) is 18.0 Å². The molecule has 0 aliphatic carbocycles. The topological polar surface area (TPSA) is 38.3 Å². The number of nitrogens with one attached hydrogen (secondary N) is 1. The predicted octanol–water partition coefficient (Wildman–Crippen LogP) is 2.46. The van der Waals surface area contributed by atoms with Gasteiger partial charge in [0, 0.05) is 13.1 Å². The molecule has 1 atom stereocenters. The number of carbonyl (C=O) groups excluding carboxylic acids is 1. The molecule has 0 fully saturated rings. The lowest BCUT2D eigenvalue weighted by Gasteiger charge is -2.27. The van der Waals surface area contributed by atoms with Crippen LogP contribution in [-0.4, -0.2) is 19.1 Å². The maximum atomic E-state index is 12.9. The summed E-state index contributed by atoms with van der Waals surface area (Å²) in [6.07, 6.45) is -4.41. The third-order valence-corrected chi connectivity index (χ3v) is 3.11. The highest BCUT2D eigenvalue weighted by molar-refractivity contribution is 5.79. The molecule has 1 aromatic rings. The second-order valence-electron chi connectivity index (χ2n) is 4.31. The van der Waals surface area contributed by atoms with Gasteiger partial charge in [0.2, 0.25) is 0 Å². The van der Waals surface area contributed by atoms with E-state index in [4.69, 9.17) is 4.74 Å². The zero-order valence-corrected chi connectivity index (χ0v) is 10.4. The maximum absolute atomic E-state index is 12.9. The Morgan fingerprint density at radius 2 is 2.21 bits per heavy atom. The minimum Gasteiger partial charge on any atom is -0.465 e. The number of rotatable bonds is 2. The van der Waals surface area contributed by atoms with Crippen LogP contribution in [0.15, 0.2) is 18.2 Å². The monoisotopic (exact) mass is 273 g/mol. The fourth-order valence-corrected chi connectivity index (χ4v) is 2.30. The van der Waals surface area contributed by atoms with Crippen LogP contribution in [0.3, 0.4) is 0 Å². The van der Waals surface area contributed by atoms with Crippen LogP contribution in [-0.2, 0) is 22.3 Å². The molecular formula is C13H14F3NO2. The zero-order valence-electron chi connectivity index (χ0n) is 10.4. The first-order chi connectivity index (χ1) is 8.95. The van der Waals surface area contributed by atoms with Gasteiger partial charge in [-0.2, -0.15) is 13.2 Å². The highest BCUT2D eigenvalue weighted by Gasteiger charge is 2.37. The molecule has 0 amide bonds. The van der Waals surface area contributed by atoms with Gasteiger partial charge in [-0.1, -0.05) is 12.1 Å². The minimum absolute atomic E-state index is 0.112. The van der Waals surface area contributed by atoms with Gasteiger partial charge in [-0.05, 0) is 24.1 Å². The Morgan fingerprint density at radius 1 is 1.47 bits per heavy atom. The Balaban J connectivity index is 2.43. The molecule has 19 heavy (non-hydrogen) atoms. The lowest BCUT2D eigenvalue weighted by molar-refractivity contribution is -0.145. The van der Waals surface area contributed by atoms with Crippen LogP contribution in [0, 0.1) is 0 Å². The highest BCUT2D eigenvalue weighted by Crippen LogP contribution is 2.37. The van der Waals surface area contributed by atoms with E-state index in [1.54, 1.807) is 13.0 Å². The van der Waals surface area contributed by atoms with Crippen LogP contribution >= 0.6 is 0 Å². The summed E-state index contributed by atoms with van der Waals surface area (Å²) in [5, 5.41) is 2.84. The fourth-order valence-electron chi connectivity index (χ4n) is 2.30. The van der Waals surface area contributed by atoms with Crippen molar-refractivity contribution in [1.29, 1.82) is 0 Å². The second-order valence-corrected chi connectivity index (χ2v) is 4.31. The van der Waals surface area contributed by atoms with Crippen LogP contribution in [0.5, 0.6) is 0 Å². The molecule has 0 bridgehead atoms. The molecule has 0 spiro atoms. The molecule has 2 rings (SSSR count). The van der Waals surface area contributed by atoms with E-state index in [1.807, 2.05) is 0 Å². The summed E-state index contributed by atoms with van der Waals surface area (Å²) in [5.74, 6) is -1.17. The molecule has 1 heterocycles. The number of fused-ring (bicyclic) bond motifs is 1. The van der Waals surface area contributed by atoms with E-state index >= 15 is 0 Å². The van der Waals surface area contributed by atoms with Gasteiger partial charge in [0.15, 0.2) is 0 Å². The molecule has 1 unspecified atom stereocenters. The maximum Gasteiger partial charge on any atom is 0.416 e. The fraction of sp³-hybridized carbons (Fsp3) is 0.462. The third kappa shape index (κ3) is 2.73. The molecular weight excluding hydrogens is 259 g/mol. The Bertz CT molecular complexity index is 485. The first kappa shape index (κ1) is 13.9. The van der Waals surface area contributed by atoms with Gasteiger partial charge in [-0.15, -0.1) is 0 Å². The van der Waals surface area contributed by atoms with E-state index in [1.165, 1.54) is 6.07 Å². The van der Waals surface area contributed by atoms with Crippen molar-refractivity contribution in [3.8, 4) is 0 Å². The molecule has 104 valence electrons. The third-order valence-electron chi connectivity index (χ3n) is 3.11. The van der Waals surface area contributed by atoms with Crippen LogP contribution in [0.1, 0.15) is 29.5 Å². The summed E-state index contributed by atoms with van der Waals surface area (Å²) in [5.41, 5.74) is -0.141. The molecule has 0 saturated carbocycles. The van der Waals surface area contributed by atoms with Crippen molar-refractivity contribution in [3.63, 3.8) is 0 Å². The molecule has 0 radical (unpaired) electrons. The summed E-state index contributed by atoms with van der Waals surface area (Å²) in [6, 6.07) is 3.93. The molecule has 3 nitrogen and oxygen atoms in total. The first-order valence-corrected chi connectivity index (χ1v) is 6.01. The van der Waals surface area contributed by atoms with Gasteiger partial charge >= 0.3 is 12.1 Å². The van der Waals surface area contributed by atoms with Gasteiger partial charge < -0.3 is 10.1 Å². The molecule has 1 aliphatic rings. The van der Waals surface area contributed by atoms with E-state index in [-0.39, 0.29) is 18.7 Å². The average Bonchev–Trinajstić information content (AvgIpc) is 2.36. The van der Waals surface area contributed by atoms with Crippen molar-refractivity contribution in [2.45, 2.75) is 25.6 Å². The van der Waals surface area contributed by atoms with Crippen LogP contribution in [0.25, 0.3) is 0 Å². The number of benzene rings is 1. The number of hydrogen-bond donors (Lipinski definition) is 1. The Labute approximate surface area is 108 Å². The van der Waals surface area contributed by atoms with Gasteiger partial charge in [-0.3, -0.25) is 4.79 Å². The highest BCUT2D eigenvalue weighted by atomic mass is 19.4. The van der Waals surface area contributed by atoms with E-state index < -0.39 is 23.6 Å². The van der Waals surface area contributed by atoms with Crippen molar-refractivity contribution in [2.24, 2.45) is 0 Å². The zero-order chi connectivity index (χ0) is 14.0. The average molecular weight is 273 g/mol. The van der Waals surface area contributed by atoms with E-state index in [0.717, 1.165) is 6.07 Å². The number of ether oxygens (including phenoxy) is 1. The Kier molecular flexibility index (Phi) is 3.80. The summed E-state index contributed by atoms with van der Waals surface area (Å²) < 4.78 is 43.6. The quantitative estimate of drug-likeness (QED) is 0.841. The summed E-state index contributed by atoms with van der Waals surface area (Å²) in [4.78, 5) is 11.8. The van der Waals surface area contributed by atoms with Gasteiger partial charge in [0.1, 0.15) is 0 Å². The Hall–Kier alpha value is -1.56.